The number of amides is 1. The van der Waals surface area contributed by atoms with E-state index in [2.05, 4.69) is 19.2 Å². The maximum Gasteiger partial charge on any atom is 0.411 e. The van der Waals surface area contributed by atoms with Crippen LogP contribution in [0.5, 0.6) is 0 Å². The van der Waals surface area contributed by atoms with Crippen molar-refractivity contribution in [2.75, 3.05) is 11.9 Å². The van der Waals surface area contributed by atoms with Crippen LogP contribution in [-0.4, -0.2) is 12.7 Å². The Hall–Kier alpha value is -2.03. The van der Waals surface area contributed by atoms with Crippen LogP contribution in [0.15, 0.2) is 42.5 Å². The van der Waals surface area contributed by atoms with Crippen molar-refractivity contribution >= 4 is 22.6 Å². The van der Waals surface area contributed by atoms with Gasteiger partial charge in [0.15, 0.2) is 0 Å². The number of hydrogen-bond acceptors (Lipinski definition) is 2. The molecule has 2 aromatic rings. The highest BCUT2D eigenvalue weighted by Crippen LogP contribution is 2.23. The summed E-state index contributed by atoms with van der Waals surface area (Å²) in [5.74, 6) is 0.746. The Morgan fingerprint density at radius 1 is 1.05 bits per heavy atom. The molecule has 22 heavy (non-hydrogen) atoms. The van der Waals surface area contributed by atoms with Gasteiger partial charge in [-0.3, -0.25) is 5.32 Å². The van der Waals surface area contributed by atoms with Crippen LogP contribution in [0.25, 0.3) is 10.8 Å². The molecule has 3 heteroatoms. The maximum absolute atomic E-state index is 11.9. The lowest BCUT2D eigenvalue weighted by Crippen LogP contribution is -2.14. The van der Waals surface area contributed by atoms with E-state index in [9.17, 15) is 4.79 Å². The van der Waals surface area contributed by atoms with Gasteiger partial charge in [-0.05, 0) is 23.8 Å². The number of carbonyl (C=O) groups is 1. The summed E-state index contributed by atoms with van der Waals surface area (Å²) < 4.78 is 5.25. The van der Waals surface area contributed by atoms with Crippen molar-refractivity contribution in [3.05, 3.63) is 42.5 Å². The summed E-state index contributed by atoms with van der Waals surface area (Å²) in [7, 11) is 0. The topological polar surface area (TPSA) is 38.3 Å². The molecule has 0 fully saturated rings. The second-order valence-corrected chi connectivity index (χ2v) is 6.03. The van der Waals surface area contributed by atoms with Gasteiger partial charge in [0.1, 0.15) is 0 Å². The number of fused-ring (bicyclic) bond motifs is 1. The molecule has 0 heterocycles. The van der Waals surface area contributed by atoms with Crippen LogP contribution in [-0.2, 0) is 4.74 Å². The van der Waals surface area contributed by atoms with Crippen LogP contribution >= 0.6 is 0 Å². The van der Waals surface area contributed by atoms with Crippen LogP contribution in [0.4, 0.5) is 10.5 Å². The largest absolute Gasteiger partial charge is 0.449 e. The van der Waals surface area contributed by atoms with Crippen molar-refractivity contribution in [1.29, 1.82) is 0 Å². The van der Waals surface area contributed by atoms with Gasteiger partial charge in [-0.25, -0.2) is 4.79 Å². The summed E-state index contributed by atoms with van der Waals surface area (Å²) in [6.07, 6.45) is 4.10. The second kappa shape index (κ2) is 8.42. The number of unbranched alkanes of at least 4 members (excludes halogenated alkanes) is 2. The van der Waals surface area contributed by atoms with E-state index in [1.165, 1.54) is 12.8 Å². The zero-order valence-electron chi connectivity index (χ0n) is 13.5. The highest BCUT2D eigenvalue weighted by Gasteiger charge is 2.06. The third-order valence-corrected chi connectivity index (χ3v) is 3.69. The van der Waals surface area contributed by atoms with Gasteiger partial charge in [-0.1, -0.05) is 69.5 Å². The van der Waals surface area contributed by atoms with Gasteiger partial charge in [-0.15, -0.1) is 0 Å². The van der Waals surface area contributed by atoms with Gasteiger partial charge in [0.2, 0.25) is 0 Å². The zero-order valence-corrected chi connectivity index (χ0v) is 13.5. The maximum atomic E-state index is 11.9. The predicted octanol–water partition coefficient (Wildman–Crippen LogP) is 5.60. The fourth-order valence-electron chi connectivity index (χ4n) is 2.48. The minimum absolute atomic E-state index is 0.375. The molecule has 0 saturated carbocycles. The Balaban J connectivity index is 1.77. The monoisotopic (exact) mass is 299 g/mol. The lowest BCUT2D eigenvalue weighted by molar-refractivity contribution is 0.159. The summed E-state index contributed by atoms with van der Waals surface area (Å²) in [5.41, 5.74) is 0.794. The highest BCUT2D eigenvalue weighted by molar-refractivity contribution is 6.00. The first kappa shape index (κ1) is 16.3. The molecule has 0 unspecified atom stereocenters. The molecule has 1 amide bonds. The average Bonchev–Trinajstić information content (AvgIpc) is 2.51. The third-order valence-electron chi connectivity index (χ3n) is 3.69. The first-order valence-electron chi connectivity index (χ1n) is 8.08. The minimum Gasteiger partial charge on any atom is -0.449 e. The van der Waals surface area contributed by atoms with E-state index >= 15 is 0 Å². The molecule has 3 nitrogen and oxygen atoms in total. The fourth-order valence-corrected chi connectivity index (χ4v) is 2.48. The van der Waals surface area contributed by atoms with Gasteiger partial charge >= 0.3 is 6.09 Å². The summed E-state index contributed by atoms with van der Waals surface area (Å²) in [6.45, 7) is 4.94. The predicted molar refractivity (Wildman–Crippen MR) is 92.2 cm³/mol. The molecule has 0 atom stereocenters. The van der Waals surface area contributed by atoms with Crippen molar-refractivity contribution in [3.8, 4) is 0 Å². The van der Waals surface area contributed by atoms with Crippen LogP contribution in [0.2, 0.25) is 0 Å². The lowest BCUT2D eigenvalue weighted by Gasteiger charge is -2.09. The van der Waals surface area contributed by atoms with Gasteiger partial charge in [0.25, 0.3) is 0 Å². The minimum atomic E-state index is -0.375. The number of rotatable bonds is 7. The van der Waals surface area contributed by atoms with Crippen molar-refractivity contribution < 1.29 is 9.53 Å². The molecular weight excluding hydrogens is 274 g/mol. The Kier molecular flexibility index (Phi) is 6.26. The molecule has 0 aliphatic heterocycles. The molecular formula is C19H25NO2. The van der Waals surface area contributed by atoms with Crippen molar-refractivity contribution in [2.24, 2.45) is 5.92 Å². The van der Waals surface area contributed by atoms with E-state index in [0.29, 0.717) is 6.61 Å². The van der Waals surface area contributed by atoms with Crippen molar-refractivity contribution in [3.63, 3.8) is 0 Å². The average molecular weight is 299 g/mol. The number of carbonyl (C=O) groups excluding carboxylic acids is 1. The van der Waals surface area contributed by atoms with Gasteiger partial charge in [0.05, 0.1) is 12.3 Å². The summed E-state index contributed by atoms with van der Waals surface area (Å²) in [4.78, 5) is 11.9. The Morgan fingerprint density at radius 3 is 2.64 bits per heavy atom. The highest BCUT2D eigenvalue weighted by atomic mass is 16.5. The van der Waals surface area contributed by atoms with Crippen LogP contribution in [0.1, 0.15) is 39.5 Å². The van der Waals surface area contributed by atoms with Gasteiger partial charge in [0, 0.05) is 5.39 Å². The van der Waals surface area contributed by atoms with Crippen LogP contribution in [0, 0.1) is 5.92 Å². The molecule has 0 radical (unpaired) electrons. The standard InChI is InChI=1S/C19H25NO2/c1-15(2)9-4-3-7-14-22-19(21)20-18-13-8-11-16-10-5-6-12-17(16)18/h5-6,8,10-13,15H,3-4,7,9,14H2,1-2H3,(H,20,21). The number of anilines is 1. The van der Waals surface area contributed by atoms with Crippen LogP contribution in [0.3, 0.4) is 0 Å². The smallest absolute Gasteiger partial charge is 0.411 e. The number of ether oxygens (including phenoxy) is 1. The number of nitrogens with one attached hydrogen (secondary N) is 1. The molecule has 0 aliphatic rings. The zero-order chi connectivity index (χ0) is 15.8. The third kappa shape index (κ3) is 5.06. The SMILES string of the molecule is CC(C)CCCCCOC(=O)Nc1cccc2ccccc12. The molecule has 2 aromatic carbocycles. The van der Waals surface area contributed by atoms with Crippen molar-refractivity contribution in [2.45, 2.75) is 39.5 Å². The second-order valence-electron chi connectivity index (χ2n) is 6.03. The van der Waals surface area contributed by atoms with E-state index in [1.807, 2.05) is 42.5 Å². The summed E-state index contributed by atoms with van der Waals surface area (Å²) in [5, 5.41) is 4.97. The molecule has 0 aliphatic carbocycles. The van der Waals surface area contributed by atoms with Gasteiger partial charge in [-0.2, -0.15) is 0 Å². The molecule has 118 valence electrons. The molecule has 0 aromatic heterocycles. The normalized spacial score (nSPS) is 10.9. The van der Waals surface area contributed by atoms with Crippen molar-refractivity contribution in [1.82, 2.24) is 0 Å². The Labute approximate surface area is 132 Å². The quantitative estimate of drug-likeness (QED) is 0.675. The van der Waals surface area contributed by atoms with E-state index in [0.717, 1.165) is 35.2 Å². The van der Waals surface area contributed by atoms with E-state index in [1.54, 1.807) is 0 Å². The molecule has 2 rings (SSSR count). The van der Waals surface area contributed by atoms with E-state index in [4.69, 9.17) is 4.74 Å². The van der Waals surface area contributed by atoms with Crippen LogP contribution < -0.4 is 5.32 Å². The summed E-state index contributed by atoms with van der Waals surface area (Å²) in [6, 6.07) is 13.8. The van der Waals surface area contributed by atoms with Gasteiger partial charge < -0.3 is 4.74 Å². The molecule has 0 saturated heterocycles. The fraction of sp³-hybridized carbons (Fsp3) is 0.421. The lowest BCUT2D eigenvalue weighted by atomic mass is 10.1. The van der Waals surface area contributed by atoms with E-state index in [-0.39, 0.29) is 6.09 Å². The number of benzene rings is 2. The Morgan fingerprint density at radius 2 is 1.82 bits per heavy atom. The molecule has 0 bridgehead atoms. The first-order valence-corrected chi connectivity index (χ1v) is 8.08. The Bertz CT molecular complexity index is 602. The van der Waals surface area contributed by atoms with E-state index < -0.39 is 0 Å². The summed E-state index contributed by atoms with van der Waals surface area (Å²) >= 11 is 0. The number of hydrogen-bond donors (Lipinski definition) is 1. The first-order chi connectivity index (χ1) is 10.7. The molecule has 0 spiro atoms. The molecule has 1 N–H and O–H groups in total.